The molecule has 100 valence electrons. The summed E-state index contributed by atoms with van der Waals surface area (Å²) in [5, 5.41) is 10.6. The number of hydrogen-bond donors (Lipinski definition) is 2. The van der Waals surface area contributed by atoms with Gasteiger partial charge in [0.05, 0.1) is 0 Å². The first-order valence-corrected chi connectivity index (χ1v) is 6.12. The molecular weight excluding hydrogens is 232 g/mol. The lowest BCUT2D eigenvalue weighted by atomic mass is 9.84. The molecule has 5 heteroatoms. The Kier molecular flexibility index (Phi) is 3.85. The number of methoxy groups -OCH3 is 1. The van der Waals surface area contributed by atoms with E-state index in [-0.39, 0.29) is 0 Å². The van der Waals surface area contributed by atoms with E-state index in [1.807, 2.05) is 13.0 Å². The predicted molar refractivity (Wildman–Crippen MR) is 68.1 cm³/mol. The van der Waals surface area contributed by atoms with Crippen molar-refractivity contribution in [2.75, 3.05) is 26.1 Å². The van der Waals surface area contributed by atoms with Gasteiger partial charge < -0.3 is 20.3 Å². The first kappa shape index (κ1) is 13.3. The summed E-state index contributed by atoms with van der Waals surface area (Å²) >= 11 is 0. The van der Waals surface area contributed by atoms with Gasteiger partial charge in [0.1, 0.15) is 17.5 Å². The van der Waals surface area contributed by atoms with E-state index in [0.717, 1.165) is 5.56 Å². The number of pyridine rings is 1. The maximum absolute atomic E-state index is 10.6. The molecule has 0 aliphatic carbocycles. The van der Waals surface area contributed by atoms with Crippen molar-refractivity contribution in [3.63, 3.8) is 0 Å². The van der Waals surface area contributed by atoms with Crippen LogP contribution in [0.1, 0.15) is 30.1 Å². The molecule has 5 nitrogen and oxygen atoms in total. The Hall–Kier alpha value is -1.17. The molecule has 1 aliphatic rings. The minimum Gasteiger partial charge on any atom is -0.385 e. The molecule has 1 aromatic rings. The molecule has 3 N–H and O–H groups in total. The van der Waals surface area contributed by atoms with Gasteiger partial charge >= 0.3 is 0 Å². The Labute approximate surface area is 107 Å². The highest BCUT2D eigenvalue weighted by Gasteiger charge is 2.41. The van der Waals surface area contributed by atoms with E-state index in [1.165, 1.54) is 0 Å². The minimum absolute atomic E-state index is 0.357. The van der Waals surface area contributed by atoms with Crippen molar-refractivity contribution < 1.29 is 14.6 Å². The lowest BCUT2D eigenvalue weighted by molar-refractivity contribution is -0.154. The largest absolute Gasteiger partial charge is 0.385 e. The summed E-state index contributed by atoms with van der Waals surface area (Å²) in [6.07, 6.45) is 2.21. The quantitative estimate of drug-likeness (QED) is 0.845. The molecule has 0 radical (unpaired) electrons. The molecule has 1 fully saturated rings. The second-order valence-corrected chi connectivity index (χ2v) is 4.77. The number of nitrogen functional groups attached to an aromatic ring is 1. The topological polar surface area (TPSA) is 77.6 Å². The van der Waals surface area contributed by atoms with Crippen LogP contribution in [0.2, 0.25) is 0 Å². The third-order valence-corrected chi connectivity index (χ3v) is 3.62. The Bertz CT molecular complexity index is 417. The summed E-state index contributed by atoms with van der Waals surface area (Å²) in [6.45, 7) is 3.10. The van der Waals surface area contributed by atoms with E-state index in [2.05, 4.69) is 4.98 Å². The Morgan fingerprint density at radius 2 is 2.17 bits per heavy atom. The van der Waals surface area contributed by atoms with Gasteiger partial charge in [-0.2, -0.15) is 0 Å². The van der Waals surface area contributed by atoms with Gasteiger partial charge in [-0.15, -0.1) is 0 Å². The number of aryl methyl sites for hydroxylation is 1. The lowest BCUT2D eigenvalue weighted by Gasteiger charge is -2.40. The van der Waals surface area contributed by atoms with Crippen LogP contribution in [-0.2, 0) is 9.47 Å². The number of anilines is 1. The molecule has 0 aromatic carbocycles. The average Bonchev–Trinajstić information content (AvgIpc) is 2.41. The first-order valence-electron chi connectivity index (χ1n) is 6.12. The Morgan fingerprint density at radius 3 is 2.78 bits per heavy atom. The van der Waals surface area contributed by atoms with Crippen LogP contribution >= 0.6 is 0 Å². The summed E-state index contributed by atoms with van der Waals surface area (Å²) in [5.41, 5.74) is 6.84. The van der Waals surface area contributed by atoms with E-state index in [4.69, 9.17) is 15.2 Å². The van der Waals surface area contributed by atoms with Crippen molar-refractivity contribution in [1.82, 2.24) is 4.98 Å². The zero-order chi connectivity index (χ0) is 13.2. The van der Waals surface area contributed by atoms with Crippen LogP contribution in [0.25, 0.3) is 0 Å². The normalized spacial score (nSPS) is 20.6. The fourth-order valence-corrected chi connectivity index (χ4v) is 2.41. The molecule has 0 saturated carbocycles. The van der Waals surface area contributed by atoms with Crippen molar-refractivity contribution >= 4 is 5.82 Å². The number of rotatable bonds is 3. The number of aromatic nitrogens is 1. The van der Waals surface area contributed by atoms with Crippen molar-refractivity contribution in [1.29, 1.82) is 0 Å². The van der Waals surface area contributed by atoms with Crippen LogP contribution in [0.4, 0.5) is 5.82 Å². The lowest BCUT2D eigenvalue weighted by Crippen LogP contribution is -2.44. The molecular formula is C13H20N2O3. The number of aliphatic hydroxyl groups excluding tert-OH is 1. The third-order valence-electron chi connectivity index (χ3n) is 3.62. The van der Waals surface area contributed by atoms with Gasteiger partial charge in [0, 0.05) is 44.9 Å². The minimum atomic E-state index is -0.779. The van der Waals surface area contributed by atoms with Gasteiger partial charge in [-0.05, 0) is 18.6 Å². The van der Waals surface area contributed by atoms with Gasteiger partial charge in [0.2, 0.25) is 0 Å². The summed E-state index contributed by atoms with van der Waals surface area (Å²) in [5.74, 6) is 0.357. The molecule has 1 aliphatic heterocycles. The zero-order valence-corrected chi connectivity index (χ0v) is 10.8. The highest BCUT2D eigenvalue weighted by Crippen LogP contribution is 2.38. The molecule has 2 rings (SSSR count). The highest BCUT2D eigenvalue weighted by molar-refractivity contribution is 5.43. The zero-order valence-electron chi connectivity index (χ0n) is 10.8. The number of nitrogens with two attached hydrogens (primary N) is 1. The van der Waals surface area contributed by atoms with E-state index < -0.39 is 11.7 Å². The molecule has 0 spiro atoms. The number of ether oxygens (including phenoxy) is 2. The van der Waals surface area contributed by atoms with Gasteiger partial charge in [0.15, 0.2) is 0 Å². The van der Waals surface area contributed by atoms with Gasteiger partial charge in [-0.3, -0.25) is 0 Å². The second kappa shape index (κ2) is 5.22. The SMILES string of the molecule is COC1(C(O)c2cc(C)cnc2N)CCOCC1. The first-order chi connectivity index (χ1) is 8.59. The van der Waals surface area contributed by atoms with Crippen molar-refractivity contribution in [2.45, 2.75) is 31.5 Å². The highest BCUT2D eigenvalue weighted by atomic mass is 16.5. The number of hydrogen-bond acceptors (Lipinski definition) is 5. The van der Waals surface area contributed by atoms with E-state index in [1.54, 1.807) is 13.3 Å². The summed E-state index contributed by atoms with van der Waals surface area (Å²) in [6, 6.07) is 1.86. The van der Waals surface area contributed by atoms with Crippen molar-refractivity contribution in [3.05, 3.63) is 23.4 Å². The van der Waals surface area contributed by atoms with Crippen LogP contribution in [-0.4, -0.2) is 36.0 Å². The van der Waals surface area contributed by atoms with Crippen LogP contribution in [0.5, 0.6) is 0 Å². The third kappa shape index (κ3) is 2.34. The van der Waals surface area contributed by atoms with E-state index in [0.29, 0.717) is 37.4 Å². The monoisotopic (exact) mass is 252 g/mol. The fourth-order valence-electron chi connectivity index (χ4n) is 2.41. The maximum atomic E-state index is 10.6. The average molecular weight is 252 g/mol. The molecule has 0 amide bonds. The summed E-state index contributed by atoms with van der Waals surface area (Å²) in [7, 11) is 1.62. The second-order valence-electron chi connectivity index (χ2n) is 4.77. The molecule has 2 heterocycles. The van der Waals surface area contributed by atoms with Gasteiger partial charge in [-0.25, -0.2) is 4.98 Å². The van der Waals surface area contributed by atoms with E-state index in [9.17, 15) is 5.11 Å². The van der Waals surface area contributed by atoms with Crippen LogP contribution in [0.3, 0.4) is 0 Å². The van der Waals surface area contributed by atoms with Crippen LogP contribution in [0.15, 0.2) is 12.3 Å². The Balaban J connectivity index is 2.33. The van der Waals surface area contributed by atoms with E-state index >= 15 is 0 Å². The van der Waals surface area contributed by atoms with Crippen molar-refractivity contribution in [3.8, 4) is 0 Å². The van der Waals surface area contributed by atoms with Gasteiger partial charge in [-0.1, -0.05) is 0 Å². The summed E-state index contributed by atoms with van der Waals surface area (Å²) < 4.78 is 10.9. The maximum Gasteiger partial charge on any atom is 0.129 e. The molecule has 1 aromatic heterocycles. The number of aliphatic hydroxyl groups is 1. The summed E-state index contributed by atoms with van der Waals surface area (Å²) in [4.78, 5) is 4.09. The van der Waals surface area contributed by atoms with Crippen molar-refractivity contribution in [2.24, 2.45) is 0 Å². The molecule has 1 atom stereocenters. The predicted octanol–water partition coefficient (Wildman–Crippen LogP) is 1.20. The fraction of sp³-hybridized carbons (Fsp3) is 0.615. The van der Waals surface area contributed by atoms with Crippen LogP contribution in [0, 0.1) is 6.92 Å². The van der Waals surface area contributed by atoms with Gasteiger partial charge in [0.25, 0.3) is 0 Å². The molecule has 1 saturated heterocycles. The molecule has 1 unspecified atom stereocenters. The molecule has 18 heavy (non-hydrogen) atoms. The van der Waals surface area contributed by atoms with Crippen LogP contribution < -0.4 is 5.73 Å². The number of nitrogens with zero attached hydrogens (tertiary/aromatic N) is 1. The smallest absolute Gasteiger partial charge is 0.129 e. The molecule has 0 bridgehead atoms. The Morgan fingerprint density at radius 1 is 1.50 bits per heavy atom. The standard InChI is InChI=1S/C13H20N2O3/c1-9-7-10(12(14)15-8-9)11(16)13(17-2)3-5-18-6-4-13/h7-8,11,16H,3-6H2,1-2H3,(H2,14,15).